The van der Waals surface area contributed by atoms with Gasteiger partial charge < -0.3 is 10.4 Å². The van der Waals surface area contributed by atoms with Crippen LogP contribution in [0.15, 0.2) is 23.1 Å². The zero-order chi connectivity index (χ0) is 13.8. The van der Waals surface area contributed by atoms with Gasteiger partial charge in [0.05, 0.1) is 11.8 Å². The summed E-state index contributed by atoms with van der Waals surface area (Å²) in [6.07, 6.45) is -0.448. The molecule has 0 heterocycles. The second-order valence-corrected chi connectivity index (χ2v) is 4.25. The number of hydrogen-bond donors (Lipinski definition) is 2. The summed E-state index contributed by atoms with van der Waals surface area (Å²) in [7, 11) is 0. The molecule has 4 nitrogen and oxygen atoms in total. The van der Waals surface area contributed by atoms with Crippen LogP contribution in [0.25, 0.3) is 0 Å². The van der Waals surface area contributed by atoms with Crippen LogP contribution < -0.4 is 5.32 Å². The van der Waals surface area contributed by atoms with Crippen molar-refractivity contribution in [3.05, 3.63) is 18.2 Å². The van der Waals surface area contributed by atoms with Gasteiger partial charge in [-0.2, -0.15) is 18.4 Å². The number of anilines is 1. The number of nitrogens with zero attached hydrogens (tertiary/aromatic N) is 1. The van der Waals surface area contributed by atoms with E-state index in [0.29, 0.717) is 0 Å². The maximum absolute atomic E-state index is 12.1. The average molecular weight is 276 g/mol. The zero-order valence-corrected chi connectivity index (χ0v) is 9.60. The molecule has 0 aliphatic rings. The van der Waals surface area contributed by atoms with Crippen molar-refractivity contribution < 1.29 is 23.1 Å². The number of alkyl halides is 3. The van der Waals surface area contributed by atoms with Crippen LogP contribution in [0.2, 0.25) is 0 Å². The van der Waals surface area contributed by atoms with Gasteiger partial charge in [-0.3, -0.25) is 4.79 Å². The molecule has 2 N–H and O–H groups in total. The van der Waals surface area contributed by atoms with Crippen molar-refractivity contribution >= 4 is 23.4 Å². The van der Waals surface area contributed by atoms with Gasteiger partial charge >= 0.3 is 5.51 Å². The Bertz CT molecular complexity index is 497. The van der Waals surface area contributed by atoms with E-state index in [1.165, 1.54) is 0 Å². The summed E-state index contributed by atoms with van der Waals surface area (Å²) < 4.78 is 36.4. The minimum Gasteiger partial charge on any atom is -0.506 e. The number of thioether (sulfide) groups is 1. The topological polar surface area (TPSA) is 73.1 Å². The van der Waals surface area contributed by atoms with Gasteiger partial charge in [0.15, 0.2) is 0 Å². The van der Waals surface area contributed by atoms with Gasteiger partial charge in [0, 0.05) is 4.90 Å². The van der Waals surface area contributed by atoms with E-state index in [9.17, 15) is 23.1 Å². The molecule has 0 aliphatic carbocycles. The van der Waals surface area contributed by atoms with Gasteiger partial charge in [-0.15, -0.1) is 0 Å². The number of rotatable bonds is 3. The second-order valence-electron chi connectivity index (χ2n) is 3.11. The molecule has 1 rings (SSSR count). The number of nitrogens with one attached hydrogen (secondary N) is 1. The summed E-state index contributed by atoms with van der Waals surface area (Å²) in [4.78, 5) is 10.9. The lowest BCUT2D eigenvalue weighted by molar-refractivity contribution is -0.115. The number of carbonyl (C=O) groups is 1. The quantitative estimate of drug-likeness (QED) is 0.657. The predicted octanol–water partition coefficient (Wildman–Crippen LogP) is 2.86. The molecule has 0 saturated heterocycles. The number of phenolic OH excluding ortho intramolecular Hbond substituents is 1. The minimum absolute atomic E-state index is 0.162. The molecule has 1 aromatic rings. The molecular weight excluding hydrogens is 269 g/mol. The largest absolute Gasteiger partial charge is 0.506 e. The van der Waals surface area contributed by atoms with E-state index in [-0.39, 0.29) is 28.1 Å². The van der Waals surface area contributed by atoms with Crippen molar-refractivity contribution in [3.8, 4) is 11.8 Å². The van der Waals surface area contributed by atoms with Crippen LogP contribution in [-0.2, 0) is 4.79 Å². The number of carbonyl (C=O) groups excluding carboxylic acids is 1. The van der Waals surface area contributed by atoms with Crippen molar-refractivity contribution in [2.75, 3.05) is 5.32 Å². The van der Waals surface area contributed by atoms with Crippen LogP contribution in [0.1, 0.15) is 6.42 Å². The van der Waals surface area contributed by atoms with Crippen molar-refractivity contribution in [2.24, 2.45) is 0 Å². The van der Waals surface area contributed by atoms with E-state index in [2.05, 4.69) is 5.32 Å². The molecule has 0 radical (unpaired) electrons. The average Bonchev–Trinajstić information content (AvgIpc) is 2.21. The third kappa shape index (κ3) is 4.55. The molecule has 0 unspecified atom stereocenters. The van der Waals surface area contributed by atoms with Gasteiger partial charge in [0.25, 0.3) is 0 Å². The molecule has 0 saturated carbocycles. The number of aromatic hydroxyl groups is 1. The fourth-order valence-corrected chi connectivity index (χ4v) is 1.66. The summed E-state index contributed by atoms with van der Waals surface area (Å²) in [5.41, 5.74) is -4.62. The van der Waals surface area contributed by atoms with E-state index in [1.807, 2.05) is 0 Å². The highest BCUT2D eigenvalue weighted by Crippen LogP contribution is 2.39. The summed E-state index contributed by atoms with van der Waals surface area (Å²) >= 11 is -0.363. The standard InChI is InChI=1S/C10H7F3N2O2S/c11-10(12,13)18-6-1-2-8(16)7(5-6)15-9(17)3-4-14/h1-2,5,16H,3H2,(H,15,17). The predicted molar refractivity (Wildman–Crippen MR) is 58.9 cm³/mol. The first-order valence-corrected chi connectivity index (χ1v) is 5.39. The summed E-state index contributed by atoms with van der Waals surface area (Å²) in [6, 6.07) is 4.68. The molecule has 0 spiro atoms. The molecule has 18 heavy (non-hydrogen) atoms. The summed E-state index contributed by atoms with van der Waals surface area (Å²) in [6.45, 7) is 0. The SMILES string of the molecule is N#CCC(=O)Nc1cc(SC(F)(F)F)ccc1O. The number of hydrogen-bond acceptors (Lipinski definition) is 4. The molecule has 0 fully saturated rings. The van der Waals surface area contributed by atoms with Crippen LogP contribution in [-0.4, -0.2) is 16.5 Å². The summed E-state index contributed by atoms with van der Waals surface area (Å²) in [5.74, 6) is -1.07. The van der Waals surface area contributed by atoms with Crippen LogP contribution in [0.5, 0.6) is 5.75 Å². The van der Waals surface area contributed by atoms with Gasteiger partial charge in [-0.25, -0.2) is 0 Å². The Kier molecular flexibility index (Phi) is 4.44. The van der Waals surface area contributed by atoms with Crippen LogP contribution >= 0.6 is 11.8 Å². The summed E-state index contributed by atoms with van der Waals surface area (Å²) in [5, 5.41) is 19.8. The van der Waals surface area contributed by atoms with Crippen molar-refractivity contribution in [1.82, 2.24) is 0 Å². The molecule has 0 aliphatic heterocycles. The first-order chi connectivity index (χ1) is 8.31. The number of phenols is 1. The highest BCUT2D eigenvalue weighted by molar-refractivity contribution is 8.00. The van der Waals surface area contributed by atoms with Crippen LogP contribution in [0, 0.1) is 11.3 Å². The van der Waals surface area contributed by atoms with Crippen molar-refractivity contribution in [3.63, 3.8) is 0 Å². The van der Waals surface area contributed by atoms with Crippen molar-refractivity contribution in [1.29, 1.82) is 5.26 Å². The lowest BCUT2D eigenvalue weighted by Crippen LogP contribution is -2.10. The fraction of sp³-hybridized carbons (Fsp3) is 0.200. The highest BCUT2D eigenvalue weighted by Gasteiger charge is 2.29. The lowest BCUT2D eigenvalue weighted by atomic mass is 10.3. The third-order valence-electron chi connectivity index (χ3n) is 1.72. The van der Waals surface area contributed by atoms with Crippen LogP contribution in [0.3, 0.4) is 0 Å². The number of amides is 1. The Morgan fingerprint density at radius 3 is 2.72 bits per heavy atom. The Morgan fingerprint density at radius 2 is 2.17 bits per heavy atom. The smallest absolute Gasteiger partial charge is 0.446 e. The number of halogens is 3. The molecule has 1 amide bonds. The molecule has 0 atom stereocenters. The Balaban J connectivity index is 2.88. The van der Waals surface area contributed by atoms with Crippen molar-refractivity contribution in [2.45, 2.75) is 16.8 Å². The number of benzene rings is 1. The third-order valence-corrected chi connectivity index (χ3v) is 2.44. The first kappa shape index (κ1) is 14.2. The van der Waals surface area contributed by atoms with Gasteiger partial charge in [-0.05, 0) is 30.0 Å². The zero-order valence-electron chi connectivity index (χ0n) is 8.78. The number of nitriles is 1. The van der Waals surface area contributed by atoms with Crippen LogP contribution in [0.4, 0.5) is 18.9 Å². The molecule has 0 bridgehead atoms. The fourth-order valence-electron chi connectivity index (χ4n) is 1.08. The highest BCUT2D eigenvalue weighted by atomic mass is 32.2. The maximum atomic E-state index is 12.1. The molecule has 96 valence electrons. The maximum Gasteiger partial charge on any atom is 0.446 e. The monoisotopic (exact) mass is 276 g/mol. The van der Waals surface area contributed by atoms with Gasteiger partial charge in [0.2, 0.25) is 5.91 Å². The normalized spacial score (nSPS) is 10.8. The lowest BCUT2D eigenvalue weighted by Gasteiger charge is -2.09. The van der Waals surface area contributed by atoms with E-state index in [0.717, 1.165) is 18.2 Å². The van der Waals surface area contributed by atoms with E-state index in [4.69, 9.17) is 5.26 Å². The van der Waals surface area contributed by atoms with E-state index >= 15 is 0 Å². The Morgan fingerprint density at radius 1 is 1.50 bits per heavy atom. The Hall–Kier alpha value is -1.88. The van der Waals surface area contributed by atoms with Gasteiger partial charge in [-0.1, -0.05) is 0 Å². The molecule has 0 aromatic heterocycles. The van der Waals surface area contributed by atoms with Gasteiger partial charge in [0.1, 0.15) is 12.2 Å². The van der Waals surface area contributed by atoms with E-state index < -0.39 is 17.8 Å². The van der Waals surface area contributed by atoms with E-state index in [1.54, 1.807) is 6.07 Å². The second kappa shape index (κ2) is 5.64. The molecule has 1 aromatic carbocycles. The first-order valence-electron chi connectivity index (χ1n) is 4.57. The molecular formula is C10H7F3N2O2S. The Labute approximate surface area is 104 Å². The minimum atomic E-state index is -4.45. The molecule has 8 heteroatoms.